The van der Waals surface area contributed by atoms with Gasteiger partial charge in [-0.05, 0) is 5.56 Å². The van der Waals surface area contributed by atoms with Crippen molar-refractivity contribution in [3.8, 4) is 0 Å². The maximum Gasteiger partial charge on any atom is 0.270 e. The van der Waals surface area contributed by atoms with E-state index in [0.717, 1.165) is 0 Å². The lowest BCUT2D eigenvalue weighted by Gasteiger charge is -1.95. The Hall–Kier alpha value is -2.28. The number of rotatable bonds is 5. The molecule has 7 heteroatoms. The smallest absolute Gasteiger partial charge is 0.270 e. The summed E-state index contributed by atoms with van der Waals surface area (Å²) in [6.45, 7) is 0.203. The average molecular weight is 237 g/mol. The van der Waals surface area contributed by atoms with E-state index in [2.05, 4.69) is 4.99 Å². The Balaban J connectivity index is 2.56. The zero-order valence-corrected chi connectivity index (χ0v) is 8.87. The largest absolute Gasteiger partial charge is 0.292 e. The van der Waals surface area contributed by atoms with E-state index in [-0.39, 0.29) is 18.7 Å². The molecule has 1 rings (SSSR count). The van der Waals surface area contributed by atoms with Gasteiger partial charge in [-0.25, -0.2) is 5.48 Å². The molecule has 0 radical (unpaired) electrons. The molecule has 0 aliphatic carbocycles. The summed E-state index contributed by atoms with van der Waals surface area (Å²) < 4.78 is 0. The van der Waals surface area contributed by atoms with Crippen LogP contribution in [0, 0.1) is 10.1 Å². The van der Waals surface area contributed by atoms with Gasteiger partial charge in [-0.1, -0.05) is 12.1 Å². The van der Waals surface area contributed by atoms with Crippen LogP contribution in [0.4, 0.5) is 5.69 Å². The molecule has 0 saturated heterocycles. The van der Waals surface area contributed by atoms with Crippen LogP contribution < -0.4 is 5.48 Å². The molecule has 1 amide bonds. The van der Waals surface area contributed by atoms with Crippen LogP contribution >= 0.6 is 0 Å². The van der Waals surface area contributed by atoms with Crippen molar-refractivity contribution in [3.05, 3.63) is 39.9 Å². The molecule has 0 aromatic heterocycles. The molecule has 17 heavy (non-hydrogen) atoms. The molecule has 2 N–H and O–H groups in total. The van der Waals surface area contributed by atoms with Crippen LogP contribution in [0.2, 0.25) is 0 Å². The van der Waals surface area contributed by atoms with Gasteiger partial charge in [0.15, 0.2) is 0 Å². The summed E-state index contributed by atoms with van der Waals surface area (Å²) in [5, 5.41) is 18.7. The highest BCUT2D eigenvalue weighted by Gasteiger charge is 2.03. The fourth-order valence-corrected chi connectivity index (χ4v) is 1.11. The molecular formula is C10H11N3O4. The quantitative estimate of drug-likeness (QED) is 0.343. The van der Waals surface area contributed by atoms with Crippen molar-refractivity contribution in [3.63, 3.8) is 0 Å². The van der Waals surface area contributed by atoms with Gasteiger partial charge < -0.3 is 0 Å². The first-order valence-corrected chi connectivity index (χ1v) is 4.80. The molecule has 0 unspecified atom stereocenters. The number of non-ortho nitro benzene ring substituents is 1. The van der Waals surface area contributed by atoms with Gasteiger partial charge in [0.2, 0.25) is 5.91 Å². The van der Waals surface area contributed by atoms with E-state index in [9.17, 15) is 14.9 Å². The van der Waals surface area contributed by atoms with Gasteiger partial charge in [0.1, 0.15) is 0 Å². The first kappa shape index (κ1) is 12.8. The third-order valence-corrected chi connectivity index (χ3v) is 1.91. The highest BCUT2D eigenvalue weighted by Crippen LogP contribution is 2.11. The first-order chi connectivity index (χ1) is 8.13. The minimum absolute atomic E-state index is 0.0120. The number of hydrogen-bond donors (Lipinski definition) is 2. The second-order valence-electron chi connectivity index (χ2n) is 3.17. The molecule has 1 aromatic carbocycles. The molecule has 90 valence electrons. The van der Waals surface area contributed by atoms with Crippen LogP contribution in [-0.4, -0.2) is 28.8 Å². The molecule has 0 aliphatic heterocycles. The van der Waals surface area contributed by atoms with E-state index in [4.69, 9.17) is 5.21 Å². The van der Waals surface area contributed by atoms with Gasteiger partial charge in [-0.2, -0.15) is 0 Å². The van der Waals surface area contributed by atoms with E-state index >= 15 is 0 Å². The van der Waals surface area contributed by atoms with Gasteiger partial charge in [0, 0.05) is 31.3 Å². The van der Waals surface area contributed by atoms with Crippen LogP contribution in [0.3, 0.4) is 0 Å². The number of nitrogens with one attached hydrogen (secondary N) is 1. The van der Waals surface area contributed by atoms with E-state index < -0.39 is 10.8 Å². The second-order valence-corrected chi connectivity index (χ2v) is 3.17. The lowest BCUT2D eigenvalue weighted by Crippen LogP contribution is -2.18. The summed E-state index contributed by atoms with van der Waals surface area (Å²) in [5.74, 6) is -0.527. The van der Waals surface area contributed by atoms with E-state index in [1.165, 1.54) is 23.8 Å². The van der Waals surface area contributed by atoms with Crippen molar-refractivity contribution >= 4 is 17.8 Å². The predicted octanol–water partition coefficient (Wildman–Crippen LogP) is 0.909. The van der Waals surface area contributed by atoms with Crippen molar-refractivity contribution in [1.29, 1.82) is 0 Å². The summed E-state index contributed by atoms with van der Waals surface area (Å²) in [7, 11) is 0. The number of hydroxylamine groups is 1. The zero-order valence-electron chi connectivity index (χ0n) is 8.87. The van der Waals surface area contributed by atoms with Gasteiger partial charge in [-0.3, -0.25) is 25.1 Å². The van der Waals surface area contributed by atoms with Crippen LogP contribution in [-0.2, 0) is 4.79 Å². The van der Waals surface area contributed by atoms with Gasteiger partial charge in [0.05, 0.1) is 4.92 Å². The molecule has 0 bridgehead atoms. The van der Waals surface area contributed by atoms with E-state index in [0.29, 0.717) is 5.56 Å². The van der Waals surface area contributed by atoms with Crippen LogP contribution in [0.25, 0.3) is 0 Å². The van der Waals surface area contributed by atoms with Crippen molar-refractivity contribution in [1.82, 2.24) is 5.48 Å². The SMILES string of the molecule is O=C(CCN=Cc1cccc([N+](=O)[O-])c1)NO. The number of amides is 1. The normalized spacial score (nSPS) is 10.4. The molecule has 0 heterocycles. The van der Waals surface area contributed by atoms with Crippen LogP contribution in [0.1, 0.15) is 12.0 Å². The highest BCUT2D eigenvalue weighted by molar-refractivity contribution is 5.81. The monoisotopic (exact) mass is 237 g/mol. The van der Waals surface area contributed by atoms with Crippen LogP contribution in [0.5, 0.6) is 0 Å². The summed E-state index contributed by atoms with van der Waals surface area (Å²) in [4.78, 5) is 24.6. The number of carbonyl (C=O) groups is 1. The topological polar surface area (TPSA) is 105 Å². The van der Waals surface area contributed by atoms with Crippen molar-refractivity contribution in [2.75, 3.05) is 6.54 Å². The molecule has 0 atom stereocenters. The maximum atomic E-state index is 10.6. The molecule has 0 aliphatic rings. The van der Waals surface area contributed by atoms with Gasteiger partial charge in [-0.15, -0.1) is 0 Å². The number of nitro groups is 1. The Morgan fingerprint density at radius 3 is 3.00 bits per heavy atom. The molecular weight excluding hydrogens is 226 g/mol. The summed E-state index contributed by atoms with van der Waals surface area (Å²) >= 11 is 0. The predicted molar refractivity (Wildman–Crippen MR) is 60.1 cm³/mol. The number of nitro benzene ring substituents is 1. The average Bonchev–Trinajstić information content (AvgIpc) is 2.34. The van der Waals surface area contributed by atoms with Crippen LogP contribution in [0.15, 0.2) is 29.3 Å². The van der Waals surface area contributed by atoms with Gasteiger partial charge >= 0.3 is 0 Å². The van der Waals surface area contributed by atoms with E-state index in [1.54, 1.807) is 12.1 Å². The number of benzene rings is 1. The highest BCUT2D eigenvalue weighted by atomic mass is 16.6. The van der Waals surface area contributed by atoms with Crippen molar-refractivity contribution in [2.45, 2.75) is 6.42 Å². The minimum Gasteiger partial charge on any atom is -0.292 e. The number of hydrogen-bond acceptors (Lipinski definition) is 5. The van der Waals surface area contributed by atoms with Crippen molar-refractivity contribution in [2.24, 2.45) is 4.99 Å². The Labute approximate surface area is 96.9 Å². The number of nitrogens with zero attached hydrogens (tertiary/aromatic N) is 2. The maximum absolute atomic E-state index is 10.6. The first-order valence-electron chi connectivity index (χ1n) is 4.80. The third-order valence-electron chi connectivity index (χ3n) is 1.91. The third kappa shape index (κ3) is 4.39. The second kappa shape index (κ2) is 6.33. The lowest BCUT2D eigenvalue weighted by atomic mass is 10.2. The molecule has 0 saturated carbocycles. The summed E-state index contributed by atoms with van der Waals surface area (Å²) in [6, 6.07) is 5.99. The van der Waals surface area contributed by atoms with Crippen molar-refractivity contribution < 1.29 is 14.9 Å². The Bertz CT molecular complexity index is 445. The Morgan fingerprint density at radius 2 is 2.35 bits per heavy atom. The van der Waals surface area contributed by atoms with Gasteiger partial charge in [0.25, 0.3) is 5.69 Å². The molecule has 0 fully saturated rings. The minimum atomic E-state index is -0.527. The fourth-order valence-electron chi connectivity index (χ4n) is 1.11. The lowest BCUT2D eigenvalue weighted by molar-refractivity contribution is -0.384. The summed E-state index contributed by atoms with van der Waals surface area (Å²) in [6.07, 6.45) is 1.50. The summed E-state index contributed by atoms with van der Waals surface area (Å²) in [5.41, 5.74) is 2.06. The molecule has 0 spiro atoms. The number of carbonyl (C=O) groups excluding carboxylic acids is 1. The zero-order chi connectivity index (χ0) is 12.7. The molecule has 7 nitrogen and oxygen atoms in total. The van der Waals surface area contributed by atoms with E-state index in [1.807, 2.05) is 0 Å². The fraction of sp³-hybridized carbons (Fsp3) is 0.200. The Morgan fingerprint density at radius 1 is 1.59 bits per heavy atom. The molecule has 1 aromatic rings. The number of aliphatic imine (C=N–C) groups is 1. The Kier molecular flexibility index (Phi) is 4.77. The standard InChI is InChI=1S/C10H11N3O4/c14-10(12-15)4-5-11-7-8-2-1-3-9(6-8)13(16)17/h1-3,6-7,15H,4-5H2,(H,12,14).